The molecule has 0 unspecified atom stereocenters. The van der Waals surface area contributed by atoms with Crippen LogP contribution in [0.15, 0.2) is 90.6 Å². The summed E-state index contributed by atoms with van der Waals surface area (Å²) in [5.74, 6) is -1.11. The molecule has 168 valence electrons. The van der Waals surface area contributed by atoms with Crippen molar-refractivity contribution in [2.45, 2.75) is 12.0 Å². The van der Waals surface area contributed by atoms with Crippen LogP contribution in [0.2, 0.25) is 0 Å². The molecule has 2 aromatic heterocycles. The Balaban J connectivity index is 1.38. The molecule has 1 aliphatic rings. The number of urea groups is 1. The zero-order valence-electron chi connectivity index (χ0n) is 17.8. The van der Waals surface area contributed by atoms with E-state index in [0.717, 1.165) is 15.6 Å². The molecule has 1 aliphatic heterocycles. The Kier molecular flexibility index (Phi) is 5.60. The van der Waals surface area contributed by atoms with Crippen molar-refractivity contribution in [3.05, 3.63) is 107 Å². The fraction of sp³-hybridized carbons (Fsp3) is 0.0800. The summed E-state index contributed by atoms with van der Waals surface area (Å²) >= 11 is 1.39. The minimum Gasteiger partial charge on any atom is -0.314 e. The van der Waals surface area contributed by atoms with Gasteiger partial charge >= 0.3 is 6.03 Å². The first-order valence-corrected chi connectivity index (χ1v) is 11.4. The number of amides is 4. The summed E-state index contributed by atoms with van der Waals surface area (Å²) in [7, 11) is 0. The van der Waals surface area contributed by atoms with Crippen molar-refractivity contribution in [1.82, 2.24) is 25.7 Å². The van der Waals surface area contributed by atoms with Gasteiger partial charge in [-0.3, -0.25) is 20.0 Å². The van der Waals surface area contributed by atoms with E-state index < -0.39 is 23.4 Å². The van der Waals surface area contributed by atoms with Crippen LogP contribution in [0, 0.1) is 0 Å². The molecule has 0 bridgehead atoms. The van der Waals surface area contributed by atoms with E-state index in [1.54, 1.807) is 66.3 Å². The van der Waals surface area contributed by atoms with Gasteiger partial charge in [0, 0.05) is 23.3 Å². The highest BCUT2D eigenvalue weighted by Gasteiger charge is 2.54. The lowest BCUT2D eigenvalue weighted by Gasteiger charge is -2.27. The van der Waals surface area contributed by atoms with Gasteiger partial charge in [0.1, 0.15) is 5.01 Å². The molecule has 1 fully saturated rings. The van der Waals surface area contributed by atoms with Crippen LogP contribution in [0.25, 0.3) is 10.6 Å². The monoisotopic (exact) mass is 469 g/mol. The molecule has 4 amide bonds. The van der Waals surface area contributed by atoms with Crippen molar-refractivity contribution < 1.29 is 14.4 Å². The summed E-state index contributed by atoms with van der Waals surface area (Å²) in [5.41, 5.74) is 3.58. The van der Waals surface area contributed by atoms with E-state index in [9.17, 15) is 14.4 Å². The Hall–Kier alpha value is -4.37. The average Bonchev–Trinajstić information content (AvgIpc) is 3.44. The van der Waals surface area contributed by atoms with Crippen LogP contribution < -0.4 is 10.7 Å². The largest absolute Gasteiger partial charge is 0.344 e. The number of thiazole rings is 1. The number of hydrazine groups is 1. The Labute approximate surface area is 199 Å². The molecule has 8 nitrogen and oxygen atoms in total. The van der Waals surface area contributed by atoms with Crippen molar-refractivity contribution in [3.63, 3.8) is 0 Å². The molecule has 3 heterocycles. The highest BCUT2D eigenvalue weighted by molar-refractivity contribution is 7.13. The molecule has 0 saturated carbocycles. The molecule has 9 heteroatoms. The number of benzene rings is 2. The van der Waals surface area contributed by atoms with Gasteiger partial charge in [0.2, 0.25) is 5.91 Å². The molecule has 1 saturated heterocycles. The summed E-state index contributed by atoms with van der Waals surface area (Å²) in [6.07, 6.45) is 3.29. The van der Waals surface area contributed by atoms with Gasteiger partial charge in [0.15, 0.2) is 5.54 Å². The molecule has 4 aromatic rings. The van der Waals surface area contributed by atoms with Crippen molar-refractivity contribution in [2.75, 3.05) is 0 Å². The molecular weight excluding hydrogens is 450 g/mol. The zero-order valence-corrected chi connectivity index (χ0v) is 18.7. The molecule has 0 radical (unpaired) electrons. The lowest BCUT2D eigenvalue weighted by atomic mass is 9.83. The van der Waals surface area contributed by atoms with Gasteiger partial charge in [0.25, 0.3) is 5.91 Å². The fourth-order valence-corrected chi connectivity index (χ4v) is 4.71. The molecule has 2 N–H and O–H groups in total. The number of hydrogen-bond acceptors (Lipinski definition) is 6. The SMILES string of the molecule is O=C(Cc1csc(-c2cccnc2)n1)NN1C(=O)NC(c2ccccc2)(c2ccccc2)C1=O. The van der Waals surface area contributed by atoms with Crippen LogP contribution in [0.4, 0.5) is 4.79 Å². The third kappa shape index (κ3) is 3.82. The van der Waals surface area contributed by atoms with Gasteiger partial charge in [-0.2, -0.15) is 5.01 Å². The van der Waals surface area contributed by atoms with Gasteiger partial charge < -0.3 is 5.32 Å². The summed E-state index contributed by atoms with van der Waals surface area (Å²) in [6.45, 7) is 0. The van der Waals surface area contributed by atoms with Crippen LogP contribution in [0.5, 0.6) is 0 Å². The van der Waals surface area contributed by atoms with Crippen LogP contribution in [0.1, 0.15) is 16.8 Å². The Morgan fingerprint density at radius 3 is 2.26 bits per heavy atom. The number of carbonyl (C=O) groups is 3. The second-order valence-corrected chi connectivity index (χ2v) is 8.51. The molecule has 0 atom stereocenters. The Morgan fingerprint density at radius 2 is 1.65 bits per heavy atom. The van der Waals surface area contributed by atoms with E-state index in [2.05, 4.69) is 20.7 Å². The van der Waals surface area contributed by atoms with Gasteiger partial charge in [-0.25, -0.2) is 9.78 Å². The molecule has 5 rings (SSSR count). The van der Waals surface area contributed by atoms with Gasteiger partial charge in [-0.15, -0.1) is 11.3 Å². The predicted octanol–water partition coefficient (Wildman–Crippen LogP) is 3.27. The third-order valence-electron chi connectivity index (χ3n) is 5.47. The predicted molar refractivity (Wildman–Crippen MR) is 126 cm³/mol. The van der Waals surface area contributed by atoms with Gasteiger partial charge in [0.05, 0.1) is 12.1 Å². The maximum Gasteiger partial charge on any atom is 0.344 e. The zero-order chi connectivity index (χ0) is 23.5. The number of aromatic nitrogens is 2. The molecule has 2 aromatic carbocycles. The first-order chi connectivity index (χ1) is 16.6. The van der Waals surface area contributed by atoms with Crippen molar-refractivity contribution in [2.24, 2.45) is 0 Å². The number of carbonyl (C=O) groups excluding carboxylic acids is 3. The lowest BCUT2D eigenvalue weighted by Crippen LogP contribution is -2.49. The Bertz CT molecular complexity index is 1300. The van der Waals surface area contributed by atoms with Crippen LogP contribution in [0.3, 0.4) is 0 Å². The number of hydrogen-bond donors (Lipinski definition) is 2. The average molecular weight is 470 g/mol. The maximum atomic E-state index is 13.6. The first kappa shape index (κ1) is 21.5. The molecule has 0 spiro atoms. The minimum absolute atomic E-state index is 0.0858. The second-order valence-electron chi connectivity index (χ2n) is 7.65. The molecular formula is C25H19N5O3S. The third-order valence-corrected chi connectivity index (χ3v) is 6.41. The number of rotatable bonds is 6. The number of nitrogens with one attached hydrogen (secondary N) is 2. The summed E-state index contributed by atoms with van der Waals surface area (Å²) in [4.78, 5) is 47.8. The highest BCUT2D eigenvalue weighted by Crippen LogP contribution is 2.35. The molecule has 0 aliphatic carbocycles. The second kappa shape index (κ2) is 8.87. The van der Waals surface area contributed by atoms with Gasteiger partial charge in [-0.1, -0.05) is 60.7 Å². The quantitative estimate of drug-likeness (QED) is 0.422. The lowest BCUT2D eigenvalue weighted by molar-refractivity contribution is -0.138. The van der Waals surface area contributed by atoms with Crippen LogP contribution >= 0.6 is 11.3 Å². The van der Waals surface area contributed by atoms with Crippen LogP contribution in [-0.4, -0.2) is 32.8 Å². The summed E-state index contributed by atoms with van der Waals surface area (Å²) in [5, 5.41) is 6.05. The van der Waals surface area contributed by atoms with Gasteiger partial charge in [-0.05, 0) is 23.3 Å². The van der Waals surface area contributed by atoms with Crippen molar-refractivity contribution >= 4 is 29.2 Å². The summed E-state index contributed by atoms with van der Waals surface area (Å²) in [6, 6.07) is 20.9. The van der Waals surface area contributed by atoms with E-state index in [0.29, 0.717) is 16.8 Å². The Morgan fingerprint density at radius 1 is 0.971 bits per heavy atom. The highest BCUT2D eigenvalue weighted by atomic mass is 32.1. The standard InChI is InChI=1S/C25H19N5O3S/c31-21(14-20-16-34-22(27-20)17-8-7-13-26-15-17)29-30-23(32)25(28-24(30)33,18-9-3-1-4-10-18)19-11-5-2-6-12-19/h1-13,15-16H,14H2,(H,28,33)(H,29,31). The number of imide groups is 1. The fourth-order valence-electron chi connectivity index (χ4n) is 3.90. The first-order valence-electron chi connectivity index (χ1n) is 10.5. The number of nitrogens with zero attached hydrogens (tertiary/aromatic N) is 3. The van der Waals surface area contributed by atoms with Crippen LogP contribution in [-0.2, 0) is 21.5 Å². The van der Waals surface area contributed by atoms with E-state index in [4.69, 9.17) is 0 Å². The van der Waals surface area contributed by atoms with E-state index in [1.807, 2.05) is 24.3 Å². The minimum atomic E-state index is -1.44. The molecule has 34 heavy (non-hydrogen) atoms. The maximum absolute atomic E-state index is 13.6. The smallest absolute Gasteiger partial charge is 0.314 e. The summed E-state index contributed by atoms with van der Waals surface area (Å²) < 4.78 is 0. The van der Waals surface area contributed by atoms with Crippen molar-refractivity contribution in [1.29, 1.82) is 0 Å². The van der Waals surface area contributed by atoms with E-state index >= 15 is 0 Å². The topological polar surface area (TPSA) is 104 Å². The van der Waals surface area contributed by atoms with E-state index in [-0.39, 0.29) is 6.42 Å². The van der Waals surface area contributed by atoms with E-state index in [1.165, 1.54) is 11.3 Å². The number of pyridine rings is 1. The van der Waals surface area contributed by atoms with Crippen molar-refractivity contribution in [3.8, 4) is 10.6 Å². The normalized spacial score (nSPS) is 14.6.